The summed E-state index contributed by atoms with van der Waals surface area (Å²) in [6, 6.07) is 13.3. The average Bonchev–Trinajstić information content (AvgIpc) is 3.13. The number of hydrogen-bond acceptors (Lipinski definition) is 4. The molecule has 6 heteroatoms. The lowest BCUT2D eigenvalue weighted by atomic mass is 9.77. The van der Waals surface area contributed by atoms with E-state index in [9.17, 15) is 9.90 Å². The Hall–Kier alpha value is -2.73. The largest absolute Gasteiger partial charge is 0.384 e. The van der Waals surface area contributed by atoms with E-state index >= 15 is 0 Å². The molecule has 1 amide bonds. The van der Waals surface area contributed by atoms with Gasteiger partial charge in [-0.1, -0.05) is 49.4 Å². The minimum Gasteiger partial charge on any atom is -0.384 e. The van der Waals surface area contributed by atoms with E-state index in [0.717, 1.165) is 27.7 Å². The van der Waals surface area contributed by atoms with Crippen LogP contribution in [0.5, 0.6) is 0 Å². The molecule has 0 saturated carbocycles. The summed E-state index contributed by atoms with van der Waals surface area (Å²) in [5, 5.41) is 21.8. The molecule has 0 radical (unpaired) electrons. The highest BCUT2D eigenvalue weighted by Gasteiger charge is 2.42. The Labute approximate surface area is 151 Å². The van der Waals surface area contributed by atoms with Crippen molar-refractivity contribution in [3.05, 3.63) is 59.2 Å². The zero-order valence-corrected chi connectivity index (χ0v) is 15.1. The van der Waals surface area contributed by atoms with Crippen LogP contribution < -0.4 is 5.32 Å². The number of aromatic nitrogens is 3. The molecule has 1 saturated heterocycles. The Morgan fingerprint density at radius 1 is 1.19 bits per heavy atom. The van der Waals surface area contributed by atoms with Gasteiger partial charge in [0.15, 0.2) is 0 Å². The molecule has 2 N–H and O–H groups in total. The van der Waals surface area contributed by atoms with Crippen LogP contribution in [0.1, 0.15) is 42.6 Å². The van der Waals surface area contributed by atoms with Crippen LogP contribution in [0.4, 0.5) is 0 Å². The standard InChI is InChI=1S/C20H22N4O2/c1-20(2)11-21-19(26)17(20)12-4-6-13(7-5-12)18(25)14-8-9-15-16(10-14)24(3)23-22-15/h4-10,17-18,25H,11H2,1-3H3,(H,21,26). The van der Waals surface area contributed by atoms with Crippen molar-refractivity contribution in [3.63, 3.8) is 0 Å². The lowest BCUT2D eigenvalue weighted by Gasteiger charge is -2.24. The molecule has 0 bridgehead atoms. The SMILES string of the molecule is Cn1nnc2ccc(C(O)c3ccc(C4C(=O)NCC4(C)C)cc3)cc21. The molecule has 2 heterocycles. The van der Waals surface area contributed by atoms with Gasteiger partial charge in [0.05, 0.1) is 11.4 Å². The average molecular weight is 350 g/mol. The summed E-state index contributed by atoms with van der Waals surface area (Å²) in [6.45, 7) is 4.87. The van der Waals surface area contributed by atoms with Gasteiger partial charge in [0.25, 0.3) is 0 Å². The molecule has 134 valence electrons. The van der Waals surface area contributed by atoms with Crippen LogP contribution in [-0.2, 0) is 11.8 Å². The molecular formula is C20H22N4O2. The molecule has 0 aliphatic carbocycles. The number of aryl methyl sites for hydroxylation is 1. The molecule has 3 aromatic rings. The first-order chi connectivity index (χ1) is 12.4. The molecule has 6 nitrogen and oxygen atoms in total. The van der Waals surface area contributed by atoms with Gasteiger partial charge in [0, 0.05) is 13.6 Å². The second-order valence-electron chi connectivity index (χ2n) is 7.67. The number of aliphatic hydroxyl groups excluding tert-OH is 1. The van der Waals surface area contributed by atoms with Gasteiger partial charge in [-0.2, -0.15) is 0 Å². The third-order valence-electron chi connectivity index (χ3n) is 5.30. The topological polar surface area (TPSA) is 80.0 Å². The van der Waals surface area contributed by atoms with Crippen molar-refractivity contribution in [1.82, 2.24) is 20.3 Å². The van der Waals surface area contributed by atoms with E-state index in [1.165, 1.54) is 0 Å². The maximum absolute atomic E-state index is 12.2. The predicted octanol–water partition coefficient (Wildman–Crippen LogP) is 2.29. The van der Waals surface area contributed by atoms with Crippen molar-refractivity contribution in [3.8, 4) is 0 Å². The maximum atomic E-state index is 12.2. The lowest BCUT2D eigenvalue weighted by molar-refractivity contribution is -0.121. The van der Waals surface area contributed by atoms with Gasteiger partial charge in [-0.05, 0) is 34.2 Å². The van der Waals surface area contributed by atoms with Crippen molar-refractivity contribution in [2.24, 2.45) is 12.5 Å². The van der Waals surface area contributed by atoms with Gasteiger partial charge in [-0.15, -0.1) is 5.10 Å². The molecule has 2 atom stereocenters. The molecule has 1 aromatic heterocycles. The number of nitrogens with zero attached hydrogens (tertiary/aromatic N) is 3. The van der Waals surface area contributed by atoms with Crippen molar-refractivity contribution in [1.29, 1.82) is 0 Å². The lowest BCUT2D eigenvalue weighted by Crippen LogP contribution is -2.22. The highest BCUT2D eigenvalue weighted by molar-refractivity contribution is 5.87. The molecule has 1 aliphatic heterocycles. The number of aliphatic hydroxyl groups is 1. The number of carbonyl (C=O) groups is 1. The number of rotatable bonds is 3. The van der Waals surface area contributed by atoms with Crippen LogP contribution in [0, 0.1) is 5.41 Å². The summed E-state index contributed by atoms with van der Waals surface area (Å²) in [5.74, 6) is -0.0944. The van der Waals surface area contributed by atoms with Gasteiger partial charge in [0.1, 0.15) is 11.6 Å². The van der Waals surface area contributed by atoms with Crippen LogP contribution in [0.25, 0.3) is 11.0 Å². The summed E-state index contributed by atoms with van der Waals surface area (Å²) in [4.78, 5) is 12.2. The van der Waals surface area contributed by atoms with E-state index in [1.54, 1.807) is 4.68 Å². The first-order valence-corrected chi connectivity index (χ1v) is 8.72. The van der Waals surface area contributed by atoms with Crippen molar-refractivity contribution >= 4 is 16.9 Å². The van der Waals surface area contributed by atoms with Crippen LogP contribution in [0.15, 0.2) is 42.5 Å². The fourth-order valence-electron chi connectivity index (χ4n) is 3.76. The molecule has 1 fully saturated rings. The molecule has 0 spiro atoms. The smallest absolute Gasteiger partial charge is 0.228 e. The van der Waals surface area contributed by atoms with E-state index in [4.69, 9.17) is 0 Å². The second kappa shape index (κ2) is 5.92. The Bertz CT molecular complexity index is 975. The monoisotopic (exact) mass is 350 g/mol. The first-order valence-electron chi connectivity index (χ1n) is 8.72. The second-order valence-corrected chi connectivity index (χ2v) is 7.67. The normalized spacial score (nSPS) is 20.3. The van der Waals surface area contributed by atoms with Gasteiger partial charge < -0.3 is 10.4 Å². The number of carbonyl (C=O) groups excluding carboxylic acids is 1. The summed E-state index contributed by atoms with van der Waals surface area (Å²) >= 11 is 0. The summed E-state index contributed by atoms with van der Waals surface area (Å²) < 4.78 is 1.69. The molecule has 26 heavy (non-hydrogen) atoms. The Balaban J connectivity index is 1.63. The molecule has 1 aliphatic rings. The molecular weight excluding hydrogens is 328 g/mol. The Morgan fingerprint density at radius 2 is 1.88 bits per heavy atom. The van der Waals surface area contributed by atoms with Crippen molar-refractivity contribution in [2.45, 2.75) is 25.9 Å². The van der Waals surface area contributed by atoms with Gasteiger partial charge in [-0.25, -0.2) is 4.68 Å². The van der Waals surface area contributed by atoms with Crippen LogP contribution in [-0.4, -0.2) is 32.6 Å². The Kier molecular flexibility index (Phi) is 3.80. The number of hydrogen-bond donors (Lipinski definition) is 2. The number of fused-ring (bicyclic) bond motifs is 1. The van der Waals surface area contributed by atoms with Crippen LogP contribution >= 0.6 is 0 Å². The van der Waals surface area contributed by atoms with Crippen LogP contribution in [0.3, 0.4) is 0 Å². The van der Waals surface area contributed by atoms with Crippen LogP contribution in [0.2, 0.25) is 0 Å². The summed E-state index contributed by atoms with van der Waals surface area (Å²) in [5.41, 5.74) is 4.12. The molecule has 2 unspecified atom stereocenters. The third kappa shape index (κ3) is 2.66. The van der Waals surface area contributed by atoms with Gasteiger partial charge in [-0.3, -0.25) is 4.79 Å². The maximum Gasteiger partial charge on any atom is 0.228 e. The van der Waals surface area contributed by atoms with Gasteiger partial charge in [0.2, 0.25) is 5.91 Å². The summed E-state index contributed by atoms with van der Waals surface area (Å²) in [6.07, 6.45) is -0.742. The van der Waals surface area contributed by atoms with E-state index in [2.05, 4.69) is 29.5 Å². The van der Waals surface area contributed by atoms with Crippen molar-refractivity contribution < 1.29 is 9.90 Å². The van der Waals surface area contributed by atoms with Gasteiger partial charge >= 0.3 is 0 Å². The van der Waals surface area contributed by atoms with E-state index in [-0.39, 0.29) is 17.2 Å². The number of nitrogens with one attached hydrogen (secondary N) is 1. The highest BCUT2D eigenvalue weighted by Crippen LogP contribution is 2.39. The number of benzene rings is 2. The number of amides is 1. The zero-order chi connectivity index (χ0) is 18.5. The predicted molar refractivity (Wildman–Crippen MR) is 98.5 cm³/mol. The molecule has 2 aromatic carbocycles. The Morgan fingerprint density at radius 3 is 2.54 bits per heavy atom. The fourth-order valence-corrected chi connectivity index (χ4v) is 3.76. The third-order valence-corrected chi connectivity index (χ3v) is 5.30. The summed E-state index contributed by atoms with van der Waals surface area (Å²) in [7, 11) is 1.83. The van der Waals surface area contributed by atoms with E-state index in [1.807, 2.05) is 49.5 Å². The fraction of sp³-hybridized carbons (Fsp3) is 0.350. The van der Waals surface area contributed by atoms with E-state index < -0.39 is 6.10 Å². The molecule has 4 rings (SSSR count). The minimum absolute atomic E-state index is 0.0671. The quantitative estimate of drug-likeness (QED) is 0.759. The van der Waals surface area contributed by atoms with E-state index in [0.29, 0.717) is 6.54 Å². The van der Waals surface area contributed by atoms with Crippen molar-refractivity contribution in [2.75, 3.05) is 6.54 Å². The first kappa shape index (κ1) is 16.7. The minimum atomic E-state index is -0.742. The zero-order valence-electron chi connectivity index (χ0n) is 15.1. The highest BCUT2D eigenvalue weighted by atomic mass is 16.3.